The third-order valence-electron chi connectivity index (χ3n) is 3.89. The first-order valence-corrected chi connectivity index (χ1v) is 8.00. The maximum atomic E-state index is 9.75. The van der Waals surface area contributed by atoms with Crippen molar-refractivity contribution >= 4 is 29.0 Å². The molecular weight excluding hydrogens is 343 g/mol. The third kappa shape index (κ3) is 4.39. The van der Waals surface area contributed by atoms with Gasteiger partial charge in [-0.1, -0.05) is 42.0 Å². The molecule has 0 N–H and O–H groups in total. The van der Waals surface area contributed by atoms with Gasteiger partial charge in [0.15, 0.2) is 0 Å². The summed E-state index contributed by atoms with van der Waals surface area (Å²) in [6, 6.07) is 25.2. The highest BCUT2D eigenvalue weighted by molar-refractivity contribution is 6.50. The highest BCUT2D eigenvalue weighted by Gasteiger charge is 2.20. The number of aryl methyl sites for hydroxylation is 1. The normalized spacial score (nSPS) is 11.3. The molecule has 0 fully saturated rings. The molecule has 3 aromatic carbocycles. The smallest absolute Gasteiger partial charge is 0.418 e. The van der Waals surface area contributed by atoms with E-state index in [1.807, 2.05) is 0 Å². The summed E-state index contributed by atoms with van der Waals surface area (Å²) in [7, 11) is -6.00. The van der Waals surface area contributed by atoms with Crippen molar-refractivity contribution in [3.8, 4) is 11.3 Å². The highest BCUT2D eigenvalue weighted by atomic mass is 19.5. The number of halogens is 4. The Morgan fingerprint density at radius 1 is 0.692 bits per heavy atom. The van der Waals surface area contributed by atoms with Gasteiger partial charge in [-0.15, -0.1) is 0 Å². The van der Waals surface area contributed by atoms with Gasteiger partial charge in [0.25, 0.3) is 0 Å². The molecule has 26 heavy (non-hydrogen) atoms. The van der Waals surface area contributed by atoms with Crippen molar-refractivity contribution in [1.29, 1.82) is 0 Å². The molecule has 0 aliphatic heterocycles. The molecule has 0 saturated heterocycles. The summed E-state index contributed by atoms with van der Waals surface area (Å²) in [5.41, 5.74) is 3.29. The second-order valence-electron chi connectivity index (χ2n) is 5.86. The average molecular weight is 358 g/mol. The van der Waals surface area contributed by atoms with Gasteiger partial charge in [-0.2, -0.15) is 0 Å². The van der Waals surface area contributed by atoms with Crippen molar-refractivity contribution in [2.75, 3.05) is 0 Å². The Bertz CT molecular complexity index is 1040. The number of hydrogen-bond acceptors (Lipinski definition) is 0. The Labute approximate surface area is 148 Å². The molecule has 0 amide bonds. The summed E-state index contributed by atoms with van der Waals surface area (Å²) >= 11 is 0. The van der Waals surface area contributed by atoms with Gasteiger partial charge >= 0.3 is 18.6 Å². The molecule has 1 nitrogen and oxygen atoms in total. The predicted octanol–water partition coefficient (Wildman–Crippen LogP) is 7.14. The summed E-state index contributed by atoms with van der Waals surface area (Å²) < 4.78 is 45.1. The number of hydrogen-bond donors (Lipinski definition) is 0. The van der Waals surface area contributed by atoms with E-state index in [0.717, 1.165) is 22.3 Å². The third-order valence-corrected chi connectivity index (χ3v) is 3.89. The lowest BCUT2D eigenvalue weighted by Gasteiger charge is -1.99. The van der Waals surface area contributed by atoms with E-state index in [1.54, 1.807) is 0 Å². The molecule has 0 bridgehead atoms. The second-order valence-corrected chi connectivity index (χ2v) is 5.86. The lowest BCUT2D eigenvalue weighted by molar-refractivity contribution is 0.368. The van der Waals surface area contributed by atoms with E-state index in [1.165, 1.54) is 16.3 Å². The molecule has 1 heterocycles. The van der Waals surface area contributed by atoms with Crippen LogP contribution in [-0.2, 0) is 0 Å². The van der Waals surface area contributed by atoms with Gasteiger partial charge in [0.1, 0.15) is 0 Å². The first-order valence-electron chi connectivity index (χ1n) is 8.00. The largest absolute Gasteiger partial charge is 0.673 e. The van der Waals surface area contributed by atoms with E-state index in [4.69, 9.17) is 4.42 Å². The fourth-order valence-electron chi connectivity index (χ4n) is 2.72. The maximum absolute atomic E-state index is 9.75. The quantitative estimate of drug-likeness (QED) is 0.152. The molecular formula is C20H15BF4O. The van der Waals surface area contributed by atoms with Crippen LogP contribution in [0, 0.1) is 6.92 Å². The van der Waals surface area contributed by atoms with Crippen LogP contribution in [0.4, 0.5) is 17.3 Å². The second kappa shape index (κ2) is 7.16. The van der Waals surface area contributed by atoms with Gasteiger partial charge in [0, 0.05) is 12.1 Å². The van der Waals surface area contributed by atoms with Crippen molar-refractivity contribution in [2.45, 2.75) is 6.92 Å². The highest BCUT2D eigenvalue weighted by Crippen LogP contribution is 2.29. The van der Waals surface area contributed by atoms with E-state index in [-0.39, 0.29) is 0 Å². The molecule has 0 radical (unpaired) electrons. The van der Waals surface area contributed by atoms with Crippen LogP contribution in [0.1, 0.15) is 5.56 Å². The Kier molecular flexibility index (Phi) is 4.93. The van der Waals surface area contributed by atoms with Gasteiger partial charge in [0.05, 0.1) is 10.9 Å². The van der Waals surface area contributed by atoms with Crippen molar-refractivity contribution in [3.05, 3.63) is 78.4 Å². The Morgan fingerprint density at radius 2 is 1.35 bits per heavy atom. The van der Waals surface area contributed by atoms with Gasteiger partial charge < -0.3 is 17.3 Å². The molecule has 0 atom stereocenters. The summed E-state index contributed by atoms with van der Waals surface area (Å²) in [5.74, 6) is 0.901. The Morgan fingerprint density at radius 3 is 2.04 bits per heavy atom. The minimum Gasteiger partial charge on any atom is -0.418 e. The molecule has 4 rings (SSSR count). The Hall–Kier alpha value is -2.89. The topological polar surface area (TPSA) is 11.3 Å². The van der Waals surface area contributed by atoms with Crippen LogP contribution >= 0.6 is 0 Å². The molecule has 0 unspecified atom stereocenters. The summed E-state index contributed by atoms with van der Waals surface area (Å²) in [6.45, 7) is 2.09. The zero-order valence-corrected chi connectivity index (χ0v) is 13.9. The minimum atomic E-state index is -6.00. The van der Waals surface area contributed by atoms with E-state index >= 15 is 0 Å². The van der Waals surface area contributed by atoms with Crippen molar-refractivity contribution < 1.29 is 21.7 Å². The van der Waals surface area contributed by atoms with Crippen LogP contribution in [0.3, 0.4) is 0 Å². The fourth-order valence-corrected chi connectivity index (χ4v) is 2.72. The fraction of sp³-hybridized carbons (Fsp3) is 0.0500. The van der Waals surface area contributed by atoms with Crippen LogP contribution in [0.25, 0.3) is 33.1 Å². The first-order chi connectivity index (χ1) is 12.3. The first kappa shape index (κ1) is 17.9. The number of fused-ring (bicyclic) bond motifs is 3. The maximum Gasteiger partial charge on any atom is 0.673 e. The summed E-state index contributed by atoms with van der Waals surface area (Å²) in [4.78, 5) is 0. The Balaban J connectivity index is 0.000000349. The summed E-state index contributed by atoms with van der Waals surface area (Å²) in [5, 5.41) is 3.63. The van der Waals surface area contributed by atoms with Crippen LogP contribution < -0.4 is 0 Å². The van der Waals surface area contributed by atoms with Crippen LogP contribution in [0.2, 0.25) is 0 Å². The molecule has 132 valence electrons. The SMILES string of the molecule is Cc1ccc(-c2ccc3c(ccc4ccccc43)[o+]2)cc1.F[B-](F)(F)F. The number of benzene rings is 3. The van der Waals surface area contributed by atoms with Gasteiger partial charge in [-0.3, -0.25) is 0 Å². The molecule has 0 aliphatic carbocycles. The summed E-state index contributed by atoms with van der Waals surface area (Å²) in [6.07, 6.45) is 0. The average Bonchev–Trinajstić information content (AvgIpc) is 2.60. The van der Waals surface area contributed by atoms with Gasteiger partial charge in [0.2, 0.25) is 0 Å². The van der Waals surface area contributed by atoms with E-state index in [9.17, 15) is 17.3 Å². The van der Waals surface area contributed by atoms with Crippen LogP contribution in [0.15, 0.2) is 77.2 Å². The minimum absolute atomic E-state index is 0.901. The standard InChI is InChI=1S/C20H15O.BF4/c1-14-6-8-16(9-7-14)19-13-11-18-17-5-3-2-4-15(17)10-12-20(18)21-19;2-1(3,4)5/h2-13H,1H3;/q+1;-1. The molecule has 6 heteroatoms. The molecule has 0 aliphatic rings. The van der Waals surface area contributed by atoms with Crippen LogP contribution in [-0.4, -0.2) is 7.25 Å². The molecule has 4 aromatic rings. The van der Waals surface area contributed by atoms with E-state index in [0.29, 0.717) is 0 Å². The van der Waals surface area contributed by atoms with Crippen molar-refractivity contribution in [1.82, 2.24) is 0 Å². The van der Waals surface area contributed by atoms with E-state index in [2.05, 4.69) is 79.7 Å². The van der Waals surface area contributed by atoms with Gasteiger partial charge in [-0.25, -0.2) is 4.42 Å². The lowest BCUT2D eigenvalue weighted by Crippen LogP contribution is -2.02. The zero-order chi connectivity index (χ0) is 18.7. The van der Waals surface area contributed by atoms with E-state index < -0.39 is 7.25 Å². The lowest BCUT2D eigenvalue weighted by atomic mass is 10.0. The molecule has 0 saturated carbocycles. The van der Waals surface area contributed by atoms with Gasteiger partial charge in [-0.05, 0) is 42.0 Å². The monoisotopic (exact) mass is 358 g/mol. The van der Waals surface area contributed by atoms with Crippen molar-refractivity contribution in [3.63, 3.8) is 0 Å². The zero-order valence-electron chi connectivity index (χ0n) is 13.9. The van der Waals surface area contributed by atoms with Crippen molar-refractivity contribution in [2.24, 2.45) is 0 Å². The van der Waals surface area contributed by atoms with Crippen LogP contribution in [0.5, 0.6) is 0 Å². The predicted molar refractivity (Wildman–Crippen MR) is 98.5 cm³/mol. The molecule has 0 spiro atoms. The molecule has 1 aromatic heterocycles. The number of rotatable bonds is 1.